The summed E-state index contributed by atoms with van der Waals surface area (Å²) in [4.78, 5) is 26.2. The third kappa shape index (κ3) is 5.33. The summed E-state index contributed by atoms with van der Waals surface area (Å²) in [5.41, 5.74) is 0.568. The molecule has 0 atom stereocenters. The van der Waals surface area contributed by atoms with E-state index in [4.69, 9.17) is 4.74 Å². The van der Waals surface area contributed by atoms with Crippen LogP contribution in [-0.4, -0.2) is 31.0 Å². The number of hydrogen-bond donors (Lipinski definition) is 0. The van der Waals surface area contributed by atoms with Gasteiger partial charge in [0, 0.05) is 6.21 Å². The zero-order valence-corrected chi connectivity index (χ0v) is 11.5. The smallest absolute Gasteiger partial charge is 0.434 e. The van der Waals surface area contributed by atoms with Gasteiger partial charge in [0.2, 0.25) is 0 Å². The van der Waals surface area contributed by atoms with Gasteiger partial charge in [-0.15, -0.1) is 0 Å². The first-order valence-electron chi connectivity index (χ1n) is 5.77. The molecule has 5 nitrogen and oxygen atoms in total. The van der Waals surface area contributed by atoms with Crippen LogP contribution in [0.1, 0.15) is 36.7 Å². The summed E-state index contributed by atoms with van der Waals surface area (Å²) in [6.07, 6.45) is 0.735. The molecule has 5 heteroatoms. The standard InChI is InChI=1S/C14H17NO4/c1-14(2,3)19-13(17)15-9-10-5-7-11(8-6-10)12(16)18-4/h5-9H,1-4H3. The van der Waals surface area contributed by atoms with Crippen molar-refractivity contribution in [2.75, 3.05) is 7.11 Å². The van der Waals surface area contributed by atoms with Crippen LogP contribution >= 0.6 is 0 Å². The van der Waals surface area contributed by atoms with Gasteiger partial charge < -0.3 is 9.47 Å². The maximum Gasteiger partial charge on any atom is 0.434 e. The summed E-state index contributed by atoms with van der Waals surface area (Å²) >= 11 is 0. The lowest BCUT2D eigenvalue weighted by Gasteiger charge is -2.17. The van der Waals surface area contributed by atoms with E-state index in [1.807, 2.05) is 0 Å². The highest BCUT2D eigenvalue weighted by Crippen LogP contribution is 2.08. The highest BCUT2D eigenvalue weighted by Gasteiger charge is 2.14. The number of rotatable bonds is 2. The van der Waals surface area contributed by atoms with Gasteiger partial charge in [-0.05, 0) is 38.5 Å². The van der Waals surface area contributed by atoms with Gasteiger partial charge in [-0.2, -0.15) is 4.99 Å². The molecule has 1 rings (SSSR count). The lowest BCUT2D eigenvalue weighted by molar-refractivity contribution is 0.0592. The van der Waals surface area contributed by atoms with Gasteiger partial charge in [-0.25, -0.2) is 9.59 Å². The van der Waals surface area contributed by atoms with E-state index in [1.165, 1.54) is 13.3 Å². The van der Waals surface area contributed by atoms with Gasteiger partial charge in [0.05, 0.1) is 12.7 Å². The first kappa shape index (κ1) is 14.9. The molecule has 19 heavy (non-hydrogen) atoms. The molecule has 0 bridgehead atoms. The first-order valence-corrected chi connectivity index (χ1v) is 5.77. The van der Waals surface area contributed by atoms with Crippen LogP contribution in [0.2, 0.25) is 0 Å². The van der Waals surface area contributed by atoms with E-state index in [2.05, 4.69) is 9.73 Å². The normalized spacial score (nSPS) is 11.4. The molecule has 0 spiro atoms. The number of ether oxygens (including phenoxy) is 2. The van der Waals surface area contributed by atoms with Crippen LogP contribution in [0.4, 0.5) is 4.79 Å². The Hall–Kier alpha value is -2.17. The van der Waals surface area contributed by atoms with Crippen molar-refractivity contribution in [3.8, 4) is 0 Å². The second-order valence-corrected chi connectivity index (χ2v) is 4.85. The van der Waals surface area contributed by atoms with E-state index in [0.29, 0.717) is 11.1 Å². The van der Waals surface area contributed by atoms with Gasteiger partial charge in [0.25, 0.3) is 0 Å². The van der Waals surface area contributed by atoms with Crippen LogP contribution in [0.15, 0.2) is 29.3 Å². The Balaban J connectivity index is 2.68. The fourth-order valence-electron chi connectivity index (χ4n) is 1.24. The Labute approximate surface area is 112 Å². The lowest BCUT2D eigenvalue weighted by Crippen LogP contribution is -2.21. The van der Waals surface area contributed by atoms with Gasteiger partial charge in [-0.1, -0.05) is 12.1 Å². The molecule has 0 fully saturated rings. The van der Waals surface area contributed by atoms with Crippen molar-refractivity contribution in [2.45, 2.75) is 26.4 Å². The predicted molar refractivity (Wildman–Crippen MR) is 71.6 cm³/mol. The second-order valence-electron chi connectivity index (χ2n) is 4.85. The fourth-order valence-corrected chi connectivity index (χ4v) is 1.24. The molecule has 0 aliphatic rings. The maximum absolute atomic E-state index is 11.4. The number of benzene rings is 1. The Kier molecular flexibility index (Phi) is 4.80. The molecule has 1 amide bonds. The van der Waals surface area contributed by atoms with Crippen molar-refractivity contribution in [2.24, 2.45) is 4.99 Å². The average Bonchev–Trinajstić information content (AvgIpc) is 2.34. The maximum atomic E-state index is 11.4. The summed E-state index contributed by atoms with van der Waals surface area (Å²) in [7, 11) is 1.32. The predicted octanol–water partition coefficient (Wildman–Crippen LogP) is 2.83. The number of aliphatic imine (C=N–C) groups is 1. The van der Waals surface area contributed by atoms with Crippen LogP contribution in [0.3, 0.4) is 0 Å². The molecular weight excluding hydrogens is 246 g/mol. The summed E-state index contributed by atoms with van der Waals surface area (Å²) in [6.45, 7) is 5.31. The van der Waals surface area contributed by atoms with E-state index in [9.17, 15) is 9.59 Å². The van der Waals surface area contributed by atoms with E-state index in [1.54, 1.807) is 45.0 Å². The largest absolute Gasteiger partial charge is 0.465 e. The zero-order chi connectivity index (χ0) is 14.5. The van der Waals surface area contributed by atoms with Crippen molar-refractivity contribution < 1.29 is 19.1 Å². The number of nitrogens with zero attached hydrogens (tertiary/aromatic N) is 1. The van der Waals surface area contributed by atoms with Crippen molar-refractivity contribution >= 4 is 18.3 Å². The number of esters is 1. The summed E-state index contributed by atoms with van der Waals surface area (Å²) in [6, 6.07) is 6.53. The second kappa shape index (κ2) is 6.13. The highest BCUT2D eigenvalue weighted by molar-refractivity contribution is 5.92. The number of carbonyl (C=O) groups is 2. The van der Waals surface area contributed by atoms with E-state index in [0.717, 1.165) is 0 Å². The Morgan fingerprint density at radius 2 is 1.74 bits per heavy atom. The number of amides is 1. The Morgan fingerprint density at radius 1 is 1.16 bits per heavy atom. The number of methoxy groups -OCH3 is 1. The monoisotopic (exact) mass is 263 g/mol. The SMILES string of the molecule is COC(=O)c1ccc(C=NC(=O)OC(C)(C)C)cc1. The molecule has 102 valence electrons. The van der Waals surface area contributed by atoms with Crippen LogP contribution in [-0.2, 0) is 9.47 Å². The Morgan fingerprint density at radius 3 is 2.21 bits per heavy atom. The molecule has 0 aromatic heterocycles. The van der Waals surface area contributed by atoms with E-state index in [-0.39, 0.29) is 0 Å². The van der Waals surface area contributed by atoms with Gasteiger partial charge in [-0.3, -0.25) is 0 Å². The molecule has 0 aliphatic carbocycles. The minimum Gasteiger partial charge on any atom is -0.465 e. The first-order chi connectivity index (χ1) is 8.81. The average molecular weight is 263 g/mol. The van der Waals surface area contributed by atoms with Gasteiger partial charge in [0.1, 0.15) is 5.60 Å². The highest BCUT2D eigenvalue weighted by atomic mass is 16.6. The van der Waals surface area contributed by atoms with Crippen LogP contribution in [0, 0.1) is 0 Å². The topological polar surface area (TPSA) is 65.0 Å². The van der Waals surface area contributed by atoms with Crippen molar-refractivity contribution in [3.05, 3.63) is 35.4 Å². The van der Waals surface area contributed by atoms with Crippen LogP contribution < -0.4 is 0 Å². The van der Waals surface area contributed by atoms with E-state index >= 15 is 0 Å². The number of carbonyl (C=O) groups excluding carboxylic acids is 2. The molecule has 1 aromatic rings. The molecule has 0 unspecified atom stereocenters. The Bertz CT molecular complexity index is 483. The summed E-state index contributed by atoms with van der Waals surface area (Å²) in [5.74, 6) is -0.407. The van der Waals surface area contributed by atoms with Crippen LogP contribution in [0.25, 0.3) is 0 Å². The van der Waals surface area contributed by atoms with Crippen molar-refractivity contribution in [3.63, 3.8) is 0 Å². The minimum atomic E-state index is -0.649. The van der Waals surface area contributed by atoms with Gasteiger partial charge >= 0.3 is 12.1 Å². The fraction of sp³-hybridized carbons (Fsp3) is 0.357. The lowest BCUT2D eigenvalue weighted by atomic mass is 10.1. The van der Waals surface area contributed by atoms with Crippen molar-refractivity contribution in [1.82, 2.24) is 0 Å². The molecule has 0 saturated heterocycles. The molecule has 0 N–H and O–H groups in total. The molecular formula is C14H17NO4. The summed E-state index contributed by atoms with van der Waals surface area (Å²) in [5, 5.41) is 0. The summed E-state index contributed by atoms with van der Waals surface area (Å²) < 4.78 is 9.61. The molecule has 0 radical (unpaired) electrons. The van der Waals surface area contributed by atoms with E-state index < -0.39 is 17.7 Å². The molecule has 1 aromatic carbocycles. The minimum absolute atomic E-state index is 0.407. The van der Waals surface area contributed by atoms with Crippen molar-refractivity contribution in [1.29, 1.82) is 0 Å². The quantitative estimate of drug-likeness (QED) is 0.608. The molecule has 0 heterocycles. The number of hydrogen-bond acceptors (Lipinski definition) is 4. The zero-order valence-electron chi connectivity index (χ0n) is 11.5. The van der Waals surface area contributed by atoms with Gasteiger partial charge in [0.15, 0.2) is 0 Å². The molecule has 0 aliphatic heterocycles. The third-order valence-electron chi connectivity index (χ3n) is 2.04. The molecule has 0 saturated carbocycles. The third-order valence-corrected chi connectivity index (χ3v) is 2.04. The van der Waals surface area contributed by atoms with Crippen LogP contribution in [0.5, 0.6) is 0 Å².